The lowest BCUT2D eigenvalue weighted by molar-refractivity contribution is 0.584. The highest BCUT2D eigenvalue weighted by molar-refractivity contribution is 7.89. The molecule has 2 aromatic rings. The topological polar surface area (TPSA) is 88.3 Å². The van der Waals surface area contributed by atoms with Gasteiger partial charge in [-0.25, -0.2) is 18.5 Å². The largest absolute Gasteiger partial charge is 0.354 e. The summed E-state index contributed by atoms with van der Waals surface area (Å²) in [6.45, 7) is 5.60. The monoisotopic (exact) mass is 332 g/mol. The van der Waals surface area contributed by atoms with Crippen molar-refractivity contribution in [2.24, 2.45) is 5.14 Å². The van der Waals surface area contributed by atoms with Crippen LogP contribution in [-0.2, 0) is 10.0 Å². The van der Waals surface area contributed by atoms with Crippen molar-refractivity contribution >= 4 is 15.8 Å². The highest BCUT2D eigenvalue weighted by Gasteiger charge is 2.18. The van der Waals surface area contributed by atoms with Gasteiger partial charge in [0.2, 0.25) is 10.0 Å². The van der Waals surface area contributed by atoms with Gasteiger partial charge in [-0.2, -0.15) is 0 Å². The molecule has 0 spiro atoms. The van der Waals surface area contributed by atoms with Crippen molar-refractivity contribution in [3.8, 4) is 11.1 Å². The Labute approximate surface area is 136 Å². The van der Waals surface area contributed by atoms with E-state index in [2.05, 4.69) is 15.2 Å². The average Bonchev–Trinajstić information content (AvgIpc) is 2.55. The normalized spacial score (nSPS) is 15.7. The summed E-state index contributed by atoms with van der Waals surface area (Å²) in [4.78, 5) is 7.00. The number of rotatable bonds is 3. The number of aromatic nitrogens is 1. The SMILES string of the molecule is Cc1nc(N2CCNCC2)ccc1-c1ccccc1S(N)(=O)=O. The van der Waals surface area contributed by atoms with E-state index in [1.165, 1.54) is 6.07 Å². The van der Waals surface area contributed by atoms with Crippen molar-refractivity contribution in [3.05, 3.63) is 42.1 Å². The molecule has 1 fully saturated rings. The number of nitrogens with two attached hydrogens (primary N) is 1. The van der Waals surface area contributed by atoms with Crippen LogP contribution in [0.1, 0.15) is 5.69 Å². The number of benzene rings is 1. The lowest BCUT2D eigenvalue weighted by Crippen LogP contribution is -2.43. The third kappa shape index (κ3) is 3.36. The first-order valence-electron chi connectivity index (χ1n) is 7.52. The summed E-state index contributed by atoms with van der Waals surface area (Å²) in [5.41, 5.74) is 2.16. The van der Waals surface area contributed by atoms with Gasteiger partial charge in [0.25, 0.3) is 0 Å². The van der Waals surface area contributed by atoms with Crippen LogP contribution in [0.25, 0.3) is 11.1 Å². The Kier molecular flexibility index (Phi) is 4.34. The summed E-state index contributed by atoms with van der Waals surface area (Å²) < 4.78 is 23.6. The average molecular weight is 332 g/mol. The van der Waals surface area contributed by atoms with E-state index in [1.807, 2.05) is 19.1 Å². The summed E-state index contributed by atoms with van der Waals surface area (Å²) >= 11 is 0. The van der Waals surface area contributed by atoms with Crippen molar-refractivity contribution in [1.29, 1.82) is 0 Å². The number of anilines is 1. The molecule has 0 unspecified atom stereocenters. The molecular weight excluding hydrogens is 312 g/mol. The summed E-state index contributed by atoms with van der Waals surface area (Å²) in [7, 11) is -3.78. The highest BCUT2D eigenvalue weighted by atomic mass is 32.2. The predicted octanol–water partition coefficient (Wildman–Crippen LogP) is 1.11. The zero-order valence-corrected chi connectivity index (χ0v) is 13.8. The van der Waals surface area contributed by atoms with Crippen molar-refractivity contribution in [1.82, 2.24) is 10.3 Å². The van der Waals surface area contributed by atoms with E-state index in [0.29, 0.717) is 5.56 Å². The van der Waals surface area contributed by atoms with Gasteiger partial charge in [-0.15, -0.1) is 0 Å². The Bertz CT molecular complexity index is 815. The van der Waals surface area contributed by atoms with Gasteiger partial charge in [0.15, 0.2) is 0 Å². The third-order valence-electron chi connectivity index (χ3n) is 4.00. The molecule has 1 aliphatic rings. The Morgan fingerprint density at radius 3 is 2.43 bits per heavy atom. The van der Waals surface area contributed by atoms with Crippen molar-refractivity contribution < 1.29 is 8.42 Å². The fourth-order valence-electron chi connectivity index (χ4n) is 2.84. The summed E-state index contributed by atoms with van der Waals surface area (Å²) in [6, 6.07) is 10.6. The predicted molar refractivity (Wildman–Crippen MR) is 90.9 cm³/mol. The molecule has 6 nitrogen and oxygen atoms in total. The number of hydrogen-bond donors (Lipinski definition) is 2. The van der Waals surface area contributed by atoms with Crippen LogP contribution in [0.4, 0.5) is 5.82 Å². The molecule has 0 bridgehead atoms. The van der Waals surface area contributed by atoms with Crippen LogP contribution in [0, 0.1) is 6.92 Å². The second-order valence-electron chi connectivity index (χ2n) is 5.58. The molecule has 1 aromatic carbocycles. The first-order valence-corrected chi connectivity index (χ1v) is 9.07. The van der Waals surface area contributed by atoms with E-state index in [0.717, 1.165) is 43.3 Å². The maximum Gasteiger partial charge on any atom is 0.238 e. The standard InChI is InChI=1S/C16H20N4O2S/c1-12-13(14-4-2-3-5-15(14)23(17,21)22)6-7-16(19-12)20-10-8-18-9-11-20/h2-7,18H,8-11H2,1H3,(H2,17,21,22). The third-order valence-corrected chi connectivity index (χ3v) is 4.96. The molecule has 23 heavy (non-hydrogen) atoms. The van der Waals surface area contributed by atoms with Crippen LogP contribution in [0.15, 0.2) is 41.3 Å². The summed E-state index contributed by atoms with van der Waals surface area (Å²) in [6.07, 6.45) is 0. The molecular formula is C16H20N4O2S. The summed E-state index contributed by atoms with van der Waals surface area (Å²) in [5, 5.41) is 8.64. The number of pyridine rings is 1. The molecule has 0 radical (unpaired) electrons. The lowest BCUT2D eigenvalue weighted by atomic mass is 10.0. The Hall–Kier alpha value is -1.96. The van der Waals surface area contributed by atoms with Crippen molar-refractivity contribution in [2.75, 3.05) is 31.1 Å². The molecule has 0 aliphatic carbocycles. The van der Waals surface area contributed by atoms with Crippen LogP contribution in [0.2, 0.25) is 0 Å². The van der Waals surface area contributed by atoms with E-state index in [9.17, 15) is 8.42 Å². The van der Waals surface area contributed by atoms with Crippen LogP contribution in [-0.4, -0.2) is 39.6 Å². The van der Waals surface area contributed by atoms with Gasteiger partial charge in [-0.3, -0.25) is 0 Å². The number of primary sulfonamides is 1. The Morgan fingerprint density at radius 1 is 1.09 bits per heavy atom. The van der Waals surface area contributed by atoms with Gasteiger partial charge in [-0.05, 0) is 25.1 Å². The Morgan fingerprint density at radius 2 is 1.78 bits per heavy atom. The minimum atomic E-state index is -3.78. The van der Waals surface area contributed by atoms with Gasteiger partial charge < -0.3 is 10.2 Å². The molecule has 7 heteroatoms. The first kappa shape index (κ1) is 15.9. The Balaban J connectivity index is 2.02. The molecule has 3 N–H and O–H groups in total. The highest BCUT2D eigenvalue weighted by Crippen LogP contribution is 2.29. The number of piperazine rings is 1. The maximum absolute atomic E-state index is 11.8. The van der Waals surface area contributed by atoms with E-state index < -0.39 is 10.0 Å². The second kappa shape index (κ2) is 6.27. The van der Waals surface area contributed by atoms with Gasteiger partial charge in [0.05, 0.1) is 4.90 Å². The maximum atomic E-state index is 11.8. The number of nitrogens with one attached hydrogen (secondary N) is 1. The van der Waals surface area contributed by atoms with Crippen LogP contribution in [0.3, 0.4) is 0 Å². The van der Waals surface area contributed by atoms with Crippen molar-refractivity contribution in [2.45, 2.75) is 11.8 Å². The molecule has 1 aromatic heterocycles. The molecule has 122 valence electrons. The number of hydrogen-bond acceptors (Lipinski definition) is 5. The van der Waals surface area contributed by atoms with E-state index >= 15 is 0 Å². The molecule has 0 amide bonds. The van der Waals surface area contributed by atoms with Crippen LogP contribution >= 0.6 is 0 Å². The van der Waals surface area contributed by atoms with E-state index in [1.54, 1.807) is 18.2 Å². The second-order valence-corrected chi connectivity index (χ2v) is 7.11. The fraction of sp³-hybridized carbons (Fsp3) is 0.312. The fourth-order valence-corrected chi connectivity index (χ4v) is 3.59. The summed E-state index contributed by atoms with van der Waals surface area (Å²) in [5.74, 6) is 0.917. The number of nitrogens with zero attached hydrogens (tertiary/aromatic N) is 2. The minimum Gasteiger partial charge on any atom is -0.354 e. The van der Waals surface area contributed by atoms with Gasteiger partial charge in [0, 0.05) is 43.0 Å². The van der Waals surface area contributed by atoms with Gasteiger partial charge in [-0.1, -0.05) is 18.2 Å². The molecule has 0 atom stereocenters. The molecule has 2 heterocycles. The smallest absolute Gasteiger partial charge is 0.238 e. The van der Waals surface area contributed by atoms with Crippen LogP contribution in [0.5, 0.6) is 0 Å². The van der Waals surface area contributed by atoms with E-state index in [4.69, 9.17) is 5.14 Å². The molecule has 0 saturated carbocycles. The van der Waals surface area contributed by atoms with Crippen LogP contribution < -0.4 is 15.4 Å². The molecule has 3 rings (SSSR count). The van der Waals surface area contributed by atoms with Gasteiger partial charge >= 0.3 is 0 Å². The zero-order chi connectivity index (χ0) is 16.4. The number of sulfonamides is 1. The first-order chi connectivity index (χ1) is 11.0. The lowest BCUT2D eigenvalue weighted by Gasteiger charge is -2.28. The quantitative estimate of drug-likeness (QED) is 0.879. The molecule has 1 aliphatic heterocycles. The van der Waals surface area contributed by atoms with Crippen molar-refractivity contribution in [3.63, 3.8) is 0 Å². The molecule has 1 saturated heterocycles. The zero-order valence-electron chi connectivity index (χ0n) is 13.0. The van der Waals surface area contributed by atoms with E-state index in [-0.39, 0.29) is 4.90 Å². The minimum absolute atomic E-state index is 0.125. The number of aryl methyl sites for hydroxylation is 1. The van der Waals surface area contributed by atoms with Gasteiger partial charge in [0.1, 0.15) is 5.82 Å².